The van der Waals surface area contributed by atoms with Crippen LogP contribution in [0.4, 0.5) is 0 Å². The summed E-state index contributed by atoms with van der Waals surface area (Å²) in [6.07, 6.45) is 0. The highest BCUT2D eigenvalue weighted by Crippen LogP contribution is 2.32. The number of carbonyl (C=O) groups excluding carboxylic acids is 1. The summed E-state index contributed by atoms with van der Waals surface area (Å²) in [5.74, 6) is 0.861. The Balaban J connectivity index is 3.60. The highest BCUT2D eigenvalue weighted by Gasteiger charge is 2.22. The van der Waals surface area contributed by atoms with E-state index in [1.165, 1.54) is 12.7 Å². The number of hydrogen-bond donors (Lipinski definition) is 0. The van der Waals surface area contributed by atoms with E-state index >= 15 is 0 Å². The third-order valence-corrected chi connectivity index (χ3v) is 3.52. The van der Waals surface area contributed by atoms with Gasteiger partial charge >= 0.3 is 5.97 Å². The minimum atomic E-state index is -0.220. The molecule has 0 heterocycles. The van der Waals surface area contributed by atoms with Crippen molar-refractivity contribution in [3.63, 3.8) is 0 Å². The van der Waals surface area contributed by atoms with E-state index in [9.17, 15) is 4.79 Å². The molecule has 0 spiro atoms. The zero-order valence-corrected chi connectivity index (χ0v) is 13.2. The van der Waals surface area contributed by atoms with Gasteiger partial charge in [0.05, 0.1) is 12.7 Å². The van der Waals surface area contributed by atoms with E-state index in [2.05, 4.69) is 53.7 Å². The lowest BCUT2D eigenvalue weighted by Gasteiger charge is -2.21. The molecule has 0 saturated heterocycles. The number of methoxy groups -OCH3 is 1. The summed E-state index contributed by atoms with van der Waals surface area (Å²) < 4.78 is 4.98. The standard InChI is InChI=1S/C17H26O2/c1-10(2)13-8-14(11(3)4)16(17(18)19-7)15(9-13)12(5)6/h8-12H,1-7H3/i19+2. The SMILES string of the molecule is C[18O]C(=O)c1c(C(C)C)cc(C(C)C)cc1C(C)C. The Morgan fingerprint density at radius 1 is 0.895 bits per heavy atom. The van der Waals surface area contributed by atoms with Crippen molar-refractivity contribution in [3.05, 3.63) is 34.4 Å². The number of benzene rings is 1. The van der Waals surface area contributed by atoms with Crippen LogP contribution in [-0.4, -0.2) is 13.1 Å². The van der Waals surface area contributed by atoms with Crippen molar-refractivity contribution in [1.29, 1.82) is 0 Å². The van der Waals surface area contributed by atoms with E-state index in [1.807, 2.05) is 0 Å². The topological polar surface area (TPSA) is 26.3 Å². The zero-order chi connectivity index (χ0) is 14.7. The van der Waals surface area contributed by atoms with Crippen molar-refractivity contribution in [3.8, 4) is 0 Å². The molecule has 0 aliphatic carbocycles. The Hall–Kier alpha value is -1.31. The third kappa shape index (κ3) is 3.37. The van der Waals surface area contributed by atoms with Gasteiger partial charge in [-0.15, -0.1) is 0 Å². The molecular weight excluding hydrogens is 238 g/mol. The normalized spacial score (nSPS) is 11.5. The molecule has 106 valence electrons. The fourth-order valence-electron chi connectivity index (χ4n) is 2.29. The van der Waals surface area contributed by atoms with Crippen LogP contribution in [0.5, 0.6) is 0 Å². The van der Waals surface area contributed by atoms with Crippen molar-refractivity contribution in [2.24, 2.45) is 0 Å². The summed E-state index contributed by atoms with van der Waals surface area (Å²) in [4.78, 5) is 12.1. The van der Waals surface area contributed by atoms with E-state index in [0.29, 0.717) is 17.8 Å². The van der Waals surface area contributed by atoms with Gasteiger partial charge in [-0.25, -0.2) is 4.79 Å². The minimum absolute atomic E-state index is 0.220. The van der Waals surface area contributed by atoms with Gasteiger partial charge in [-0.2, -0.15) is 0 Å². The lowest BCUT2D eigenvalue weighted by Crippen LogP contribution is -2.13. The van der Waals surface area contributed by atoms with Crippen LogP contribution in [0.3, 0.4) is 0 Å². The van der Waals surface area contributed by atoms with Crippen LogP contribution in [0.2, 0.25) is 0 Å². The average molecular weight is 264 g/mol. The Morgan fingerprint density at radius 3 is 1.58 bits per heavy atom. The Morgan fingerprint density at radius 2 is 1.32 bits per heavy atom. The quantitative estimate of drug-likeness (QED) is 0.574. The fraction of sp³-hybridized carbons (Fsp3) is 0.588. The first-order chi connectivity index (χ1) is 8.79. The van der Waals surface area contributed by atoms with Crippen LogP contribution in [-0.2, 0) is 4.74 Å². The van der Waals surface area contributed by atoms with E-state index in [1.54, 1.807) is 0 Å². The number of rotatable bonds is 4. The van der Waals surface area contributed by atoms with Gasteiger partial charge in [-0.05, 0) is 34.4 Å². The first kappa shape index (κ1) is 15.7. The second-order valence-corrected chi connectivity index (χ2v) is 6.03. The molecule has 0 saturated carbocycles. The Labute approximate surface area is 117 Å². The molecule has 0 aromatic heterocycles. The van der Waals surface area contributed by atoms with Crippen LogP contribution < -0.4 is 0 Å². The average Bonchev–Trinajstić information content (AvgIpc) is 2.35. The summed E-state index contributed by atoms with van der Waals surface area (Å²) in [7, 11) is 1.45. The van der Waals surface area contributed by atoms with Crippen LogP contribution in [0, 0.1) is 0 Å². The third-order valence-electron chi connectivity index (χ3n) is 3.52. The fourth-order valence-corrected chi connectivity index (χ4v) is 2.29. The molecule has 1 aromatic carbocycles. The molecule has 0 aliphatic rings. The van der Waals surface area contributed by atoms with E-state index in [0.717, 1.165) is 16.7 Å². The lowest BCUT2D eigenvalue weighted by molar-refractivity contribution is 0.0597. The second kappa shape index (κ2) is 6.23. The van der Waals surface area contributed by atoms with Crippen LogP contribution in [0.15, 0.2) is 12.1 Å². The maximum Gasteiger partial charge on any atom is 0.338 e. The van der Waals surface area contributed by atoms with Crippen LogP contribution in [0.25, 0.3) is 0 Å². The van der Waals surface area contributed by atoms with Gasteiger partial charge in [0.25, 0.3) is 0 Å². The van der Waals surface area contributed by atoms with Crippen molar-refractivity contribution < 1.29 is 9.53 Å². The molecule has 0 aliphatic heterocycles. The van der Waals surface area contributed by atoms with Crippen LogP contribution in [0.1, 0.15) is 86.3 Å². The van der Waals surface area contributed by atoms with Gasteiger partial charge in [-0.1, -0.05) is 53.7 Å². The minimum Gasteiger partial charge on any atom is -0.465 e. The van der Waals surface area contributed by atoms with Crippen molar-refractivity contribution in [2.75, 3.05) is 7.11 Å². The zero-order valence-electron chi connectivity index (χ0n) is 13.2. The molecule has 0 N–H and O–H groups in total. The van der Waals surface area contributed by atoms with Crippen molar-refractivity contribution in [1.82, 2.24) is 0 Å². The molecule has 0 unspecified atom stereocenters. The summed E-state index contributed by atoms with van der Waals surface area (Å²) in [5, 5.41) is 0. The van der Waals surface area contributed by atoms with E-state index in [4.69, 9.17) is 4.74 Å². The summed E-state index contributed by atoms with van der Waals surface area (Å²) in [6.45, 7) is 12.8. The van der Waals surface area contributed by atoms with Crippen LogP contribution >= 0.6 is 0 Å². The largest absolute Gasteiger partial charge is 0.465 e. The Kier molecular flexibility index (Phi) is 5.16. The molecule has 2 nitrogen and oxygen atoms in total. The molecule has 19 heavy (non-hydrogen) atoms. The lowest BCUT2D eigenvalue weighted by atomic mass is 9.84. The monoisotopic (exact) mass is 264 g/mol. The molecule has 0 amide bonds. The summed E-state index contributed by atoms with van der Waals surface area (Å²) >= 11 is 0. The van der Waals surface area contributed by atoms with Gasteiger partial charge in [0.15, 0.2) is 0 Å². The predicted octanol–water partition coefficient (Wildman–Crippen LogP) is 4.84. The van der Waals surface area contributed by atoms with Gasteiger partial charge in [0, 0.05) is 0 Å². The smallest absolute Gasteiger partial charge is 0.338 e. The molecular formula is C17H26O2. The van der Waals surface area contributed by atoms with Gasteiger partial charge < -0.3 is 4.74 Å². The molecule has 0 radical (unpaired) electrons. The predicted molar refractivity (Wildman–Crippen MR) is 80.0 cm³/mol. The van der Waals surface area contributed by atoms with Gasteiger partial charge in [0.1, 0.15) is 0 Å². The number of carbonyl (C=O) groups is 1. The summed E-state index contributed by atoms with van der Waals surface area (Å²) in [5.41, 5.74) is 4.25. The first-order valence-electron chi connectivity index (χ1n) is 7.05. The number of hydrogen-bond acceptors (Lipinski definition) is 2. The van der Waals surface area contributed by atoms with Gasteiger partial charge in [-0.3, -0.25) is 0 Å². The van der Waals surface area contributed by atoms with E-state index in [-0.39, 0.29) is 5.97 Å². The second-order valence-electron chi connectivity index (χ2n) is 6.03. The van der Waals surface area contributed by atoms with Gasteiger partial charge in [0.2, 0.25) is 0 Å². The molecule has 2 heteroatoms. The molecule has 1 aromatic rings. The van der Waals surface area contributed by atoms with E-state index < -0.39 is 0 Å². The highest BCUT2D eigenvalue weighted by molar-refractivity contribution is 5.93. The molecule has 0 fully saturated rings. The maximum atomic E-state index is 12.1. The van der Waals surface area contributed by atoms with Crippen molar-refractivity contribution in [2.45, 2.75) is 59.3 Å². The first-order valence-corrected chi connectivity index (χ1v) is 7.05. The molecule has 0 bridgehead atoms. The number of esters is 1. The Bertz CT molecular complexity index is 427. The highest BCUT2D eigenvalue weighted by atomic mass is 18.3. The van der Waals surface area contributed by atoms with Crippen molar-refractivity contribution >= 4 is 5.97 Å². The summed E-state index contributed by atoms with van der Waals surface area (Å²) in [6, 6.07) is 4.32. The maximum absolute atomic E-state index is 12.1. The number of ether oxygens (including phenoxy) is 1. The molecule has 1 rings (SSSR count). The molecule has 0 atom stereocenters.